The zero-order chi connectivity index (χ0) is 25.5. The number of nitrogens with zero attached hydrogens (tertiary/aromatic N) is 2. The first-order chi connectivity index (χ1) is 16.0. The molecule has 0 saturated carbocycles. The number of aryl methyl sites for hydroxylation is 1. The average molecular weight is 490 g/mol. The summed E-state index contributed by atoms with van der Waals surface area (Å²) in [6, 6.07) is 13.4. The Morgan fingerprint density at radius 2 is 1.76 bits per heavy atom. The molecule has 0 bridgehead atoms. The number of benzene rings is 2. The van der Waals surface area contributed by atoms with E-state index in [9.17, 15) is 18.0 Å². The molecule has 0 aliphatic carbocycles. The molecule has 0 spiro atoms. The number of para-hydroxylation sites is 1. The number of rotatable bonds is 11. The summed E-state index contributed by atoms with van der Waals surface area (Å²) in [6.07, 6.45) is 1.44. The van der Waals surface area contributed by atoms with Crippen LogP contribution in [0.25, 0.3) is 0 Å². The fraction of sp³-hybridized carbons (Fsp3) is 0.440. The second-order valence-corrected chi connectivity index (χ2v) is 10.4. The zero-order valence-corrected chi connectivity index (χ0v) is 21.6. The minimum atomic E-state index is -3.76. The fourth-order valence-electron chi connectivity index (χ4n) is 3.71. The Labute approximate surface area is 202 Å². The van der Waals surface area contributed by atoms with Gasteiger partial charge in [-0.3, -0.25) is 13.9 Å². The van der Waals surface area contributed by atoms with Crippen LogP contribution in [0.3, 0.4) is 0 Å². The summed E-state index contributed by atoms with van der Waals surface area (Å²) in [5.74, 6) is -0.125. The number of nitrogens with one attached hydrogen (secondary N) is 1. The van der Waals surface area contributed by atoms with E-state index in [2.05, 4.69) is 5.32 Å². The van der Waals surface area contributed by atoms with Crippen molar-refractivity contribution in [1.82, 2.24) is 10.2 Å². The van der Waals surface area contributed by atoms with Gasteiger partial charge in [-0.2, -0.15) is 0 Å². The maximum absolute atomic E-state index is 13.6. The number of anilines is 1. The van der Waals surface area contributed by atoms with Crippen molar-refractivity contribution in [3.05, 3.63) is 59.7 Å². The molecular formula is C25H35N3O5S. The van der Waals surface area contributed by atoms with Crippen molar-refractivity contribution in [2.45, 2.75) is 52.7 Å². The number of hydrogen-bond acceptors (Lipinski definition) is 5. The third-order valence-corrected chi connectivity index (χ3v) is 6.49. The lowest BCUT2D eigenvalue weighted by atomic mass is 10.1. The highest BCUT2D eigenvalue weighted by molar-refractivity contribution is 7.92. The van der Waals surface area contributed by atoms with E-state index in [1.54, 1.807) is 50.4 Å². The van der Waals surface area contributed by atoms with Crippen LogP contribution in [-0.2, 0) is 26.2 Å². The average Bonchev–Trinajstić information content (AvgIpc) is 2.76. The van der Waals surface area contributed by atoms with Crippen LogP contribution in [0, 0.1) is 6.92 Å². The molecule has 0 fully saturated rings. The number of carbonyl (C=O) groups excluding carboxylic acids is 2. The molecule has 2 amide bonds. The second-order valence-electron chi connectivity index (χ2n) is 8.52. The molecule has 0 saturated heterocycles. The highest BCUT2D eigenvalue weighted by atomic mass is 32.2. The number of amides is 2. The highest BCUT2D eigenvalue weighted by Crippen LogP contribution is 2.23. The molecular weight excluding hydrogens is 454 g/mol. The molecule has 0 aliphatic rings. The van der Waals surface area contributed by atoms with Crippen LogP contribution in [0.2, 0.25) is 0 Å². The van der Waals surface area contributed by atoms with Crippen LogP contribution in [0.4, 0.5) is 5.69 Å². The molecule has 186 valence electrons. The SMILES string of the molecule is CC[C@@H](C(=O)NC(C)C)N(Cc1cccc(OC)c1)C(=O)CN(c1ccccc1C)S(C)(=O)=O. The van der Waals surface area contributed by atoms with Gasteiger partial charge in [0.1, 0.15) is 18.3 Å². The molecule has 1 N–H and O–H groups in total. The van der Waals surface area contributed by atoms with E-state index in [1.165, 1.54) is 4.90 Å². The van der Waals surface area contributed by atoms with Crippen LogP contribution < -0.4 is 14.4 Å². The van der Waals surface area contributed by atoms with E-state index in [0.29, 0.717) is 17.9 Å². The largest absolute Gasteiger partial charge is 0.497 e. The smallest absolute Gasteiger partial charge is 0.244 e. The third-order valence-electron chi connectivity index (χ3n) is 5.37. The van der Waals surface area contributed by atoms with Crippen molar-refractivity contribution in [2.24, 2.45) is 0 Å². The molecule has 34 heavy (non-hydrogen) atoms. The first kappa shape index (κ1) is 27.2. The molecule has 0 heterocycles. The topological polar surface area (TPSA) is 96.0 Å². The van der Waals surface area contributed by atoms with E-state index in [1.807, 2.05) is 32.9 Å². The summed E-state index contributed by atoms with van der Waals surface area (Å²) >= 11 is 0. The molecule has 0 radical (unpaired) electrons. The van der Waals surface area contributed by atoms with Crippen molar-refractivity contribution in [1.29, 1.82) is 0 Å². The standard InChI is InChI=1S/C25H35N3O5S/c1-7-22(25(30)26-18(2)3)27(16-20-12-10-13-21(15-20)33-5)24(29)17-28(34(6,31)32)23-14-9-8-11-19(23)4/h8-15,18,22H,7,16-17H2,1-6H3,(H,26,30)/t22-/m0/s1. The van der Waals surface area contributed by atoms with Gasteiger partial charge in [-0.15, -0.1) is 0 Å². The number of hydrogen-bond donors (Lipinski definition) is 1. The molecule has 2 rings (SSSR count). The monoisotopic (exact) mass is 489 g/mol. The highest BCUT2D eigenvalue weighted by Gasteiger charge is 2.32. The van der Waals surface area contributed by atoms with Crippen molar-refractivity contribution in [3.8, 4) is 5.75 Å². The molecule has 2 aromatic rings. The first-order valence-electron chi connectivity index (χ1n) is 11.2. The van der Waals surface area contributed by atoms with E-state index in [0.717, 1.165) is 21.7 Å². The van der Waals surface area contributed by atoms with Gasteiger partial charge in [0.2, 0.25) is 21.8 Å². The summed E-state index contributed by atoms with van der Waals surface area (Å²) < 4.78 is 31.7. The quantitative estimate of drug-likeness (QED) is 0.523. The van der Waals surface area contributed by atoms with Crippen LogP contribution in [0.1, 0.15) is 38.3 Å². The molecule has 0 aromatic heterocycles. The summed E-state index contributed by atoms with van der Waals surface area (Å²) in [5.41, 5.74) is 1.93. The predicted octanol–water partition coefficient (Wildman–Crippen LogP) is 3.10. The van der Waals surface area contributed by atoms with E-state index >= 15 is 0 Å². The van der Waals surface area contributed by atoms with Crippen molar-refractivity contribution in [2.75, 3.05) is 24.2 Å². The van der Waals surface area contributed by atoms with Gasteiger partial charge in [0.25, 0.3) is 0 Å². The lowest BCUT2D eigenvalue weighted by Gasteiger charge is -2.33. The minimum Gasteiger partial charge on any atom is -0.497 e. The number of carbonyl (C=O) groups is 2. The molecule has 1 atom stereocenters. The summed E-state index contributed by atoms with van der Waals surface area (Å²) in [6.45, 7) is 7.03. The molecule has 2 aromatic carbocycles. The molecule has 8 nitrogen and oxygen atoms in total. The Hall–Kier alpha value is -3.07. The van der Waals surface area contributed by atoms with Crippen LogP contribution in [0.15, 0.2) is 48.5 Å². The number of methoxy groups -OCH3 is 1. The van der Waals surface area contributed by atoms with E-state index < -0.39 is 28.5 Å². The minimum absolute atomic E-state index is 0.102. The first-order valence-corrected chi connectivity index (χ1v) is 13.1. The van der Waals surface area contributed by atoms with Gasteiger partial charge in [-0.05, 0) is 56.5 Å². The normalized spacial score (nSPS) is 12.2. The molecule has 0 aliphatic heterocycles. The van der Waals surface area contributed by atoms with Gasteiger partial charge in [0.05, 0.1) is 19.1 Å². The summed E-state index contributed by atoms with van der Waals surface area (Å²) in [5, 5.41) is 2.87. The van der Waals surface area contributed by atoms with Gasteiger partial charge in [-0.25, -0.2) is 8.42 Å². The number of ether oxygens (including phenoxy) is 1. The van der Waals surface area contributed by atoms with Crippen molar-refractivity contribution >= 4 is 27.5 Å². The Balaban J connectivity index is 2.47. The molecule has 0 unspecified atom stereocenters. The zero-order valence-electron chi connectivity index (χ0n) is 20.7. The Kier molecular flexibility index (Phi) is 9.49. The van der Waals surface area contributed by atoms with E-state index in [4.69, 9.17) is 4.74 Å². The molecule has 9 heteroatoms. The Bertz CT molecular complexity index is 1100. The predicted molar refractivity (Wildman–Crippen MR) is 134 cm³/mol. The lowest BCUT2D eigenvalue weighted by molar-refractivity contribution is -0.140. The Morgan fingerprint density at radius 1 is 1.09 bits per heavy atom. The van der Waals surface area contributed by atoms with Crippen molar-refractivity contribution in [3.63, 3.8) is 0 Å². The van der Waals surface area contributed by atoms with Gasteiger partial charge < -0.3 is 15.0 Å². The van der Waals surface area contributed by atoms with E-state index in [-0.39, 0.29) is 18.5 Å². The van der Waals surface area contributed by atoms with Gasteiger partial charge in [0, 0.05) is 12.6 Å². The van der Waals surface area contributed by atoms with Gasteiger partial charge >= 0.3 is 0 Å². The van der Waals surface area contributed by atoms with Crippen LogP contribution in [-0.4, -0.2) is 57.1 Å². The van der Waals surface area contributed by atoms with Crippen LogP contribution >= 0.6 is 0 Å². The number of sulfonamides is 1. The van der Waals surface area contributed by atoms with Crippen LogP contribution in [0.5, 0.6) is 5.75 Å². The van der Waals surface area contributed by atoms with Gasteiger partial charge in [0.15, 0.2) is 0 Å². The summed E-state index contributed by atoms with van der Waals surface area (Å²) in [4.78, 5) is 28.1. The lowest BCUT2D eigenvalue weighted by Crippen LogP contribution is -2.53. The Morgan fingerprint density at radius 3 is 2.32 bits per heavy atom. The maximum atomic E-state index is 13.6. The fourth-order valence-corrected chi connectivity index (χ4v) is 4.61. The third kappa shape index (κ3) is 7.21. The van der Waals surface area contributed by atoms with Crippen molar-refractivity contribution < 1.29 is 22.7 Å². The maximum Gasteiger partial charge on any atom is 0.244 e. The summed E-state index contributed by atoms with van der Waals surface area (Å²) in [7, 11) is -2.20. The second kappa shape index (κ2) is 11.9. The van der Waals surface area contributed by atoms with Gasteiger partial charge in [-0.1, -0.05) is 37.3 Å².